The first-order valence-corrected chi connectivity index (χ1v) is 5.73. The van der Waals surface area contributed by atoms with Gasteiger partial charge in [0.25, 0.3) is 0 Å². The van der Waals surface area contributed by atoms with Crippen LogP contribution in [0.25, 0.3) is 0 Å². The van der Waals surface area contributed by atoms with Gasteiger partial charge in [-0.3, -0.25) is 0 Å². The summed E-state index contributed by atoms with van der Waals surface area (Å²) in [6.07, 6.45) is -0.173. The topological polar surface area (TPSA) is 26.0 Å². The fourth-order valence-electron chi connectivity index (χ4n) is 1.86. The fraction of sp³-hybridized carbons (Fsp3) is 0.143. The van der Waals surface area contributed by atoms with Gasteiger partial charge in [-0.2, -0.15) is 0 Å². The van der Waals surface area contributed by atoms with Crippen molar-refractivity contribution < 1.29 is 22.0 Å². The molecule has 2 rings (SSSR count). The molecule has 2 aromatic carbocycles. The molecule has 0 radical (unpaired) electrons. The first-order chi connectivity index (χ1) is 9.40. The summed E-state index contributed by atoms with van der Waals surface area (Å²) >= 11 is 0. The Balaban J connectivity index is 2.28. The first-order valence-electron chi connectivity index (χ1n) is 5.73. The number of rotatable bonds is 3. The van der Waals surface area contributed by atoms with E-state index in [0.717, 1.165) is 18.2 Å². The zero-order chi connectivity index (χ0) is 14.9. The van der Waals surface area contributed by atoms with Crippen molar-refractivity contribution >= 4 is 0 Å². The van der Waals surface area contributed by atoms with Crippen LogP contribution in [0.15, 0.2) is 30.3 Å². The largest absolute Gasteiger partial charge is 0.324 e. The molecule has 0 amide bonds. The Hall–Kier alpha value is -1.95. The van der Waals surface area contributed by atoms with Gasteiger partial charge in [-0.1, -0.05) is 12.1 Å². The van der Waals surface area contributed by atoms with Gasteiger partial charge in [-0.25, -0.2) is 22.0 Å². The van der Waals surface area contributed by atoms with Crippen molar-refractivity contribution in [3.63, 3.8) is 0 Å². The summed E-state index contributed by atoms with van der Waals surface area (Å²) in [6.45, 7) is 0. The van der Waals surface area contributed by atoms with Gasteiger partial charge in [0.2, 0.25) is 0 Å². The third-order valence-electron chi connectivity index (χ3n) is 2.92. The summed E-state index contributed by atoms with van der Waals surface area (Å²) in [5.74, 6) is -5.94. The second kappa shape index (κ2) is 5.58. The smallest absolute Gasteiger partial charge is 0.194 e. The van der Waals surface area contributed by atoms with Crippen molar-refractivity contribution in [1.82, 2.24) is 0 Å². The molecule has 0 aliphatic carbocycles. The van der Waals surface area contributed by atoms with Crippen LogP contribution in [-0.4, -0.2) is 0 Å². The van der Waals surface area contributed by atoms with E-state index < -0.39 is 35.1 Å². The highest BCUT2D eigenvalue weighted by Gasteiger charge is 2.19. The van der Waals surface area contributed by atoms with Crippen molar-refractivity contribution in [1.29, 1.82) is 0 Å². The average Bonchev–Trinajstić information content (AvgIpc) is 2.39. The zero-order valence-corrected chi connectivity index (χ0v) is 10.1. The lowest BCUT2D eigenvalue weighted by Crippen LogP contribution is -2.17. The lowest BCUT2D eigenvalue weighted by Gasteiger charge is -2.14. The SMILES string of the molecule is NC(Cc1ccc(F)cc1F)c1ccc(F)c(F)c1F. The molecule has 2 N–H and O–H groups in total. The van der Waals surface area contributed by atoms with E-state index in [0.29, 0.717) is 6.07 Å². The molecule has 0 bridgehead atoms. The lowest BCUT2D eigenvalue weighted by molar-refractivity contribution is 0.434. The third-order valence-corrected chi connectivity index (χ3v) is 2.92. The summed E-state index contributed by atoms with van der Waals surface area (Å²) < 4.78 is 65.6. The van der Waals surface area contributed by atoms with Crippen LogP contribution in [0, 0.1) is 29.1 Å². The molecule has 0 aliphatic rings. The van der Waals surface area contributed by atoms with Crippen LogP contribution < -0.4 is 5.73 Å². The van der Waals surface area contributed by atoms with E-state index in [9.17, 15) is 22.0 Å². The standard InChI is InChI=1S/C14H10F5N/c15-8-2-1-7(11(17)6-8)5-12(20)9-3-4-10(16)14(19)13(9)18/h1-4,6,12H,5,20H2. The Labute approximate surface area is 111 Å². The fourth-order valence-corrected chi connectivity index (χ4v) is 1.86. The quantitative estimate of drug-likeness (QED) is 0.677. The van der Waals surface area contributed by atoms with Crippen LogP contribution in [0.1, 0.15) is 17.2 Å². The second-order valence-corrected chi connectivity index (χ2v) is 4.31. The van der Waals surface area contributed by atoms with Crippen molar-refractivity contribution in [3.05, 3.63) is 70.5 Å². The van der Waals surface area contributed by atoms with E-state index in [1.54, 1.807) is 0 Å². The van der Waals surface area contributed by atoms with Gasteiger partial charge in [-0.05, 0) is 24.1 Å². The molecule has 6 heteroatoms. The summed E-state index contributed by atoms with van der Waals surface area (Å²) in [4.78, 5) is 0. The molecular weight excluding hydrogens is 277 g/mol. The average molecular weight is 287 g/mol. The number of benzene rings is 2. The monoisotopic (exact) mass is 287 g/mol. The number of nitrogens with two attached hydrogens (primary N) is 1. The summed E-state index contributed by atoms with van der Waals surface area (Å²) in [5.41, 5.74) is 5.45. The molecule has 106 valence electrons. The van der Waals surface area contributed by atoms with Gasteiger partial charge in [0, 0.05) is 17.7 Å². The highest BCUT2D eigenvalue weighted by atomic mass is 19.2. The van der Waals surface area contributed by atoms with Crippen molar-refractivity contribution in [3.8, 4) is 0 Å². The Morgan fingerprint density at radius 1 is 0.850 bits per heavy atom. The number of halogens is 5. The Morgan fingerprint density at radius 3 is 2.20 bits per heavy atom. The van der Waals surface area contributed by atoms with Crippen LogP contribution in [0.5, 0.6) is 0 Å². The van der Waals surface area contributed by atoms with Crippen molar-refractivity contribution in [2.75, 3.05) is 0 Å². The molecule has 0 heterocycles. The number of hydrogen-bond acceptors (Lipinski definition) is 1. The summed E-state index contributed by atoms with van der Waals surface area (Å²) in [5, 5.41) is 0. The first kappa shape index (κ1) is 14.5. The molecular formula is C14H10F5N. The predicted molar refractivity (Wildman–Crippen MR) is 63.3 cm³/mol. The van der Waals surface area contributed by atoms with Gasteiger partial charge in [0.15, 0.2) is 17.5 Å². The third kappa shape index (κ3) is 2.80. The van der Waals surface area contributed by atoms with E-state index in [1.165, 1.54) is 6.07 Å². The highest BCUT2D eigenvalue weighted by molar-refractivity contribution is 5.27. The van der Waals surface area contributed by atoms with Crippen molar-refractivity contribution in [2.45, 2.75) is 12.5 Å². The van der Waals surface area contributed by atoms with Crippen molar-refractivity contribution in [2.24, 2.45) is 5.73 Å². The van der Waals surface area contributed by atoms with E-state index in [-0.39, 0.29) is 17.5 Å². The maximum atomic E-state index is 13.5. The van der Waals surface area contributed by atoms with Crippen LogP contribution in [0.2, 0.25) is 0 Å². The van der Waals surface area contributed by atoms with Gasteiger partial charge in [0.05, 0.1) is 0 Å². The molecule has 0 aromatic heterocycles. The Bertz CT molecular complexity index is 642. The van der Waals surface area contributed by atoms with Crippen LogP contribution >= 0.6 is 0 Å². The molecule has 0 saturated heterocycles. The van der Waals surface area contributed by atoms with E-state index in [2.05, 4.69) is 0 Å². The summed E-state index contributed by atoms with van der Waals surface area (Å²) in [7, 11) is 0. The zero-order valence-electron chi connectivity index (χ0n) is 10.1. The second-order valence-electron chi connectivity index (χ2n) is 4.31. The molecule has 0 fully saturated rings. The van der Waals surface area contributed by atoms with Gasteiger partial charge in [-0.15, -0.1) is 0 Å². The lowest BCUT2D eigenvalue weighted by atomic mass is 9.98. The van der Waals surface area contributed by atoms with Crippen LogP contribution in [0.4, 0.5) is 22.0 Å². The normalized spacial score (nSPS) is 12.5. The van der Waals surface area contributed by atoms with Gasteiger partial charge < -0.3 is 5.73 Å². The Morgan fingerprint density at radius 2 is 1.55 bits per heavy atom. The van der Waals surface area contributed by atoms with Gasteiger partial charge in [0.1, 0.15) is 11.6 Å². The van der Waals surface area contributed by atoms with Crippen LogP contribution in [-0.2, 0) is 6.42 Å². The molecule has 0 aliphatic heterocycles. The molecule has 2 aromatic rings. The predicted octanol–water partition coefficient (Wildman–Crippen LogP) is 3.62. The minimum atomic E-state index is -1.63. The molecule has 0 saturated carbocycles. The minimum absolute atomic E-state index is 0.0584. The maximum Gasteiger partial charge on any atom is 0.194 e. The minimum Gasteiger partial charge on any atom is -0.324 e. The molecule has 1 nitrogen and oxygen atoms in total. The van der Waals surface area contributed by atoms with E-state index in [4.69, 9.17) is 5.73 Å². The van der Waals surface area contributed by atoms with Gasteiger partial charge >= 0.3 is 0 Å². The summed E-state index contributed by atoms with van der Waals surface area (Å²) in [6, 6.07) is 3.54. The van der Waals surface area contributed by atoms with E-state index in [1.807, 2.05) is 0 Å². The molecule has 1 unspecified atom stereocenters. The molecule has 20 heavy (non-hydrogen) atoms. The number of hydrogen-bond donors (Lipinski definition) is 1. The maximum absolute atomic E-state index is 13.5. The molecule has 0 spiro atoms. The molecule has 1 atom stereocenters. The Kier molecular flexibility index (Phi) is 4.04. The highest BCUT2D eigenvalue weighted by Crippen LogP contribution is 2.23. The van der Waals surface area contributed by atoms with Crippen LogP contribution in [0.3, 0.4) is 0 Å². The van der Waals surface area contributed by atoms with E-state index >= 15 is 0 Å².